The van der Waals surface area contributed by atoms with Gasteiger partial charge in [-0.05, 0) is 19.4 Å². The summed E-state index contributed by atoms with van der Waals surface area (Å²) in [7, 11) is 0. The van der Waals surface area contributed by atoms with E-state index in [1.807, 2.05) is 60.7 Å². The second-order valence-electron chi connectivity index (χ2n) is 5.52. The van der Waals surface area contributed by atoms with Crippen LogP contribution in [-0.2, 0) is 4.74 Å². The zero-order valence-corrected chi connectivity index (χ0v) is 14.1. The van der Waals surface area contributed by atoms with E-state index in [1.54, 1.807) is 6.92 Å². The average molecular weight is 334 g/mol. The second kappa shape index (κ2) is 7.18. The monoisotopic (exact) mass is 334 g/mol. The molecule has 0 aliphatic rings. The quantitative estimate of drug-likeness (QED) is 0.487. The van der Waals surface area contributed by atoms with Crippen LogP contribution in [0.4, 0.5) is 0 Å². The van der Waals surface area contributed by atoms with Crippen molar-refractivity contribution in [1.82, 2.24) is 0 Å². The molecule has 4 heteroatoms. The molecule has 0 saturated heterocycles. The zero-order chi connectivity index (χ0) is 17.8. The number of hydrogen-bond acceptors (Lipinski definition) is 4. The third kappa shape index (κ3) is 3.24. The molecule has 0 saturated carbocycles. The van der Waals surface area contributed by atoms with Gasteiger partial charge in [-0.3, -0.25) is 4.79 Å². The molecule has 25 heavy (non-hydrogen) atoms. The maximum Gasteiger partial charge on any atom is 0.374 e. The SMILES string of the molecule is CCOC(=O)c1oc(-c2ccccc2)c(C(C)=O)c1-c1ccccc1. The lowest BCUT2D eigenvalue weighted by molar-refractivity contribution is 0.0492. The molecule has 0 spiro atoms. The van der Waals surface area contributed by atoms with Gasteiger partial charge in [0.05, 0.1) is 12.2 Å². The van der Waals surface area contributed by atoms with Crippen LogP contribution in [0.5, 0.6) is 0 Å². The molecule has 1 heterocycles. The maximum atomic E-state index is 12.4. The Morgan fingerprint density at radius 3 is 2.00 bits per heavy atom. The summed E-state index contributed by atoms with van der Waals surface area (Å²) < 4.78 is 11.0. The van der Waals surface area contributed by atoms with Crippen molar-refractivity contribution in [3.05, 3.63) is 72.0 Å². The van der Waals surface area contributed by atoms with E-state index >= 15 is 0 Å². The molecule has 0 aliphatic carbocycles. The standard InChI is InChI=1S/C21H18O4/c1-3-24-21(23)20-18(15-10-6-4-7-11-15)17(14(2)22)19(25-20)16-12-8-5-9-13-16/h4-13H,3H2,1-2H3. The summed E-state index contributed by atoms with van der Waals surface area (Å²) in [5.74, 6) is -0.310. The molecule has 0 bridgehead atoms. The highest BCUT2D eigenvalue weighted by Gasteiger charge is 2.29. The Bertz CT molecular complexity index is 892. The van der Waals surface area contributed by atoms with Crippen LogP contribution in [0.3, 0.4) is 0 Å². The van der Waals surface area contributed by atoms with Crippen molar-refractivity contribution in [3.8, 4) is 22.5 Å². The Hall–Kier alpha value is -3.14. The molecule has 0 atom stereocenters. The highest BCUT2D eigenvalue weighted by atomic mass is 16.5. The fourth-order valence-electron chi connectivity index (χ4n) is 2.78. The number of ketones is 1. The summed E-state index contributed by atoms with van der Waals surface area (Å²) in [6.07, 6.45) is 0. The van der Waals surface area contributed by atoms with Crippen molar-refractivity contribution in [2.75, 3.05) is 6.61 Å². The lowest BCUT2D eigenvalue weighted by Crippen LogP contribution is -2.05. The van der Waals surface area contributed by atoms with Crippen LogP contribution in [0, 0.1) is 0 Å². The molecular formula is C21H18O4. The number of Topliss-reactive ketones (excluding diaryl/α,β-unsaturated/α-hetero) is 1. The Balaban J connectivity index is 2.32. The van der Waals surface area contributed by atoms with Gasteiger partial charge in [-0.25, -0.2) is 4.79 Å². The predicted molar refractivity (Wildman–Crippen MR) is 95.5 cm³/mol. The van der Waals surface area contributed by atoms with Crippen molar-refractivity contribution < 1.29 is 18.7 Å². The first-order valence-electron chi connectivity index (χ1n) is 8.09. The topological polar surface area (TPSA) is 56.5 Å². The molecular weight excluding hydrogens is 316 g/mol. The highest BCUT2D eigenvalue weighted by Crippen LogP contribution is 2.38. The number of benzene rings is 2. The maximum absolute atomic E-state index is 12.4. The third-order valence-corrected chi connectivity index (χ3v) is 3.82. The van der Waals surface area contributed by atoms with E-state index in [-0.39, 0.29) is 18.2 Å². The van der Waals surface area contributed by atoms with Crippen LogP contribution in [0.25, 0.3) is 22.5 Å². The Morgan fingerprint density at radius 2 is 1.48 bits per heavy atom. The van der Waals surface area contributed by atoms with Crippen molar-refractivity contribution in [1.29, 1.82) is 0 Å². The van der Waals surface area contributed by atoms with Crippen LogP contribution in [0.2, 0.25) is 0 Å². The number of esters is 1. The minimum atomic E-state index is -0.578. The molecule has 126 valence electrons. The van der Waals surface area contributed by atoms with Gasteiger partial charge in [-0.15, -0.1) is 0 Å². The molecule has 0 aliphatic heterocycles. The Morgan fingerprint density at radius 1 is 0.920 bits per heavy atom. The average Bonchev–Trinajstić information content (AvgIpc) is 3.04. The second-order valence-corrected chi connectivity index (χ2v) is 5.52. The number of hydrogen-bond donors (Lipinski definition) is 0. The first-order chi connectivity index (χ1) is 12.1. The van der Waals surface area contributed by atoms with Crippen LogP contribution in [0.1, 0.15) is 34.8 Å². The summed E-state index contributed by atoms with van der Waals surface area (Å²) in [5, 5.41) is 0. The number of ether oxygens (including phenoxy) is 1. The van der Waals surface area contributed by atoms with E-state index in [4.69, 9.17) is 9.15 Å². The van der Waals surface area contributed by atoms with Gasteiger partial charge in [-0.1, -0.05) is 60.7 Å². The van der Waals surface area contributed by atoms with E-state index in [9.17, 15) is 9.59 Å². The van der Waals surface area contributed by atoms with Gasteiger partial charge in [0.1, 0.15) is 5.76 Å². The number of furan rings is 1. The summed E-state index contributed by atoms with van der Waals surface area (Å²) in [5.41, 5.74) is 2.34. The van der Waals surface area contributed by atoms with Gasteiger partial charge in [0, 0.05) is 11.1 Å². The van der Waals surface area contributed by atoms with E-state index < -0.39 is 5.97 Å². The van der Waals surface area contributed by atoms with Gasteiger partial charge < -0.3 is 9.15 Å². The van der Waals surface area contributed by atoms with Gasteiger partial charge in [0.25, 0.3) is 0 Å². The number of rotatable bonds is 5. The fourth-order valence-corrected chi connectivity index (χ4v) is 2.78. The van der Waals surface area contributed by atoms with Crippen LogP contribution < -0.4 is 0 Å². The molecule has 3 aromatic rings. The zero-order valence-electron chi connectivity index (χ0n) is 14.1. The first-order valence-corrected chi connectivity index (χ1v) is 8.09. The molecule has 0 N–H and O–H groups in total. The van der Waals surface area contributed by atoms with Crippen molar-refractivity contribution in [3.63, 3.8) is 0 Å². The molecule has 0 radical (unpaired) electrons. The molecule has 4 nitrogen and oxygen atoms in total. The normalized spacial score (nSPS) is 10.5. The van der Waals surface area contributed by atoms with Gasteiger partial charge >= 0.3 is 5.97 Å². The van der Waals surface area contributed by atoms with Gasteiger partial charge in [0.15, 0.2) is 5.78 Å². The lowest BCUT2D eigenvalue weighted by Gasteiger charge is -2.05. The predicted octanol–water partition coefficient (Wildman–Crippen LogP) is 4.99. The van der Waals surface area contributed by atoms with Gasteiger partial charge in [0.2, 0.25) is 5.76 Å². The Labute approximate surface area is 146 Å². The first kappa shape index (κ1) is 16.7. The van der Waals surface area contributed by atoms with Crippen LogP contribution >= 0.6 is 0 Å². The summed E-state index contributed by atoms with van der Waals surface area (Å²) in [4.78, 5) is 24.8. The van der Waals surface area contributed by atoms with E-state index in [1.165, 1.54) is 6.92 Å². The summed E-state index contributed by atoms with van der Waals surface area (Å²) >= 11 is 0. The van der Waals surface area contributed by atoms with E-state index in [0.29, 0.717) is 16.9 Å². The lowest BCUT2D eigenvalue weighted by atomic mass is 9.96. The molecule has 0 amide bonds. The molecule has 2 aromatic carbocycles. The van der Waals surface area contributed by atoms with Crippen molar-refractivity contribution in [2.24, 2.45) is 0 Å². The minimum absolute atomic E-state index is 0.0529. The number of carbonyl (C=O) groups is 2. The Kier molecular flexibility index (Phi) is 4.80. The molecule has 3 rings (SSSR count). The summed E-state index contributed by atoms with van der Waals surface area (Å²) in [6, 6.07) is 18.5. The van der Waals surface area contributed by atoms with E-state index in [0.717, 1.165) is 11.1 Å². The largest absolute Gasteiger partial charge is 0.460 e. The third-order valence-electron chi connectivity index (χ3n) is 3.82. The minimum Gasteiger partial charge on any atom is -0.460 e. The smallest absolute Gasteiger partial charge is 0.374 e. The van der Waals surface area contributed by atoms with E-state index in [2.05, 4.69) is 0 Å². The summed E-state index contributed by atoms with van der Waals surface area (Å²) in [6.45, 7) is 3.43. The molecule has 0 unspecified atom stereocenters. The number of carbonyl (C=O) groups excluding carboxylic acids is 2. The van der Waals surface area contributed by atoms with Crippen molar-refractivity contribution >= 4 is 11.8 Å². The van der Waals surface area contributed by atoms with Crippen LogP contribution in [0.15, 0.2) is 65.1 Å². The highest BCUT2D eigenvalue weighted by molar-refractivity contribution is 6.10. The van der Waals surface area contributed by atoms with Crippen LogP contribution in [-0.4, -0.2) is 18.4 Å². The van der Waals surface area contributed by atoms with Crippen molar-refractivity contribution in [2.45, 2.75) is 13.8 Å². The molecule has 0 fully saturated rings. The fraction of sp³-hybridized carbons (Fsp3) is 0.143. The molecule has 1 aromatic heterocycles. The van der Waals surface area contributed by atoms with Gasteiger partial charge in [-0.2, -0.15) is 0 Å².